The van der Waals surface area contributed by atoms with Crippen LogP contribution in [0.5, 0.6) is 11.5 Å². The second-order valence-electron chi connectivity index (χ2n) is 9.19. The Morgan fingerprint density at radius 1 is 1.14 bits per heavy atom. The molecule has 1 aliphatic carbocycles. The molecule has 0 radical (unpaired) electrons. The molecule has 1 saturated heterocycles. The molecule has 0 aromatic heterocycles. The van der Waals surface area contributed by atoms with Crippen LogP contribution in [0.15, 0.2) is 30.3 Å². The van der Waals surface area contributed by atoms with Gasteiger partial charge in [-0.05, 0) is 48.1 Å². The van der Waals surface area contributed by atoms with Gasteiger partial charge in [0.25, 0.3) is 0 Å². The Morgan fingerprint density at radius 3 is 2.64 bits per heavy atom. The molecule has 10 heteroatoms. The maximum Gasteiger partial charge on any atom is 0.410 e. The second-order valence-corrected chi connectivity index (χ2v) is 9.19. The van der Waals surface area contributed by atoms with Gasteiger partial charge in [-0.25, -0.2) is 4.79 Å². The van der Waals surface area contributed by atoms with Gasteiger partial charge in [-0.1, -0.05) is 24.3 Å². The molecule has 6 atom stereocenters. The summed E-state index contributed by atoms with van der Waals surface area (Å²) in [5.74, 6) is 0.684. The average Bonchev–Trinajstić information content (AvgIpc) is 2.89. The van der Waals surface area contributed by atoms with Crippen molar-refractivity contribution in [2.75, 3.05) is 26.9 Å². The van der Waals surface area contributed by atoms with E-state index in [0.717, 1.165) is 27.8 Å². The molecule has 2 aromatic rings. The van der Waals surface area contributed by atoms with E-state index in [-0.39, 0.29) is 24.5 Å². The van der Waals surface area contributed by atoms with Crippen molar-refractivity contribution in [3.8, 4) is 22.6 Å². The van der Waals surface area contributed by atoms with Crippen molar-refractivity contribution in [2.45, 2.75) is 56.5 Å². The van der Waals surface area contributed by atoms with E-state index >= 15 is 0 Å². The number of aliphatic hydroxyl groups excluding tert-OH is 4. The van der Waals surface area contributed by atoms with Crippen LogP contribution in [0.3, 0.4) is 0 Å². The maximum atomic E-state index is 12.8. The molecule has 0 unspecified atom stereocenters. The van der Waals surface area contributed by atoms with Crippen LogP contribution in [-0.4, -0.2) is 89.0 Å². The summed E-state index contributed by atoms with van der Waals surface area (Å²) in [5, 5.41) is 40.4. The van der Waals surface area contributed by atoms with Gasteiger partial charge in [0.1, 0.15) is 24.4 Å². The molecule has 2 aromatic carbocycles. The van der Waals surface area contributed by atoms with E-state index in [9.17, 15) is 25.2 Å². The van der Waals surface area contributed by atoms with Gasteiger partial charge in [0.2, 0.25) is 6.29 Å². The van der Waals surface area contributed by atoms with Gasteiger partial charge in [0.05, 0.1) is 26.4 Å². The zero-order valence-electron chi connectivity index (χ0n) is 20.2. The van der Waals surface area contributed by atoms with E-state index in [1.54, 1.807) is 11.8 Å². The van der Waals surface area contributed by atoms with Crippen molar-refractivity contribution < 1.29 is 44.2 Å². The first kappa shape index (κ1) is 24.8. The van der Waals surface area contributed by atoms with E-state index in [1.165, 1.54) is 7.11 Å². The first-order chi connectivity index (χ1) is 17.4. The minimum atomic E-state index is -1.56. The number of hydrogen-bond donors (Lipinski definition) is 4. The first-order valence-electron chi connectivity index (χ1n) is 12.1. The number of benzene rings is 2. The summed E-state index contributed by atoms with van der Waals surface area (Å²) >= 11 is 0. The summed E-state index contributed by atoms with van der Waals surface area (Å²) in [7, 11) is 1.51. The summed E-state index contributed by atoms with van der Waals surface area (Å²) < 4.78 is 22.8. The number of hydrogen-bond acceptors (Lipinski definition) is 9. The van der Waals surface area contributed by atoms with Crippen molar-refractivity contribution >= 4 is 6.09 Å². The molecular formula is C26H31NO9. The lowest BCUT2D eigenvalue weighted by Crippen LogP contribution is -2.60. The third-order valence-electron chi connectivity index (χ3n) is 7.20. The predicted octanol–water partition coefficient (Wildman–Crippen LogP) is 1.15. The number of amides is 1. The molecule has 1 amide bonds. The van der Waals surface area contributed by atoms with Crippen molar-refractivity contribution in [2.24, 2.45) is 0 Å². The highest BCUT2D eigenvalue weighted by atomic mass is 16.7. The Kier molecular flexibility index (Phi) is 6.80. The zero-order valence-corrected chi connectivity index (χ0v) is 20.2. The fourth-order valence-electron chi connectivity index (χ4n) is 5.48. The van der Waals surface area contributed by atoms with Crippen LogP contribution in [0.25, 0.3) is 11.1 Å². The van der Waals surface area contributed by atoms with E-state index in [1.807, 2.05) is 30.3 Å². The van der Waals surface area contributed by atoms with Crippen molar-refractivity contribution in [1.82, 2.24) is 4.90 Å². The van der Waals surface area contributed by atoms with E-state index in [0.29, 0.717) is 25.1 Å². The highest BCUT2D eigenvalue weighted by Gasteiger charge is 2.46. The van der Waals surface area contributed by atoms with Gasteiger partial charge in [-0.15, -0.1) is 0 Å². The van der Waals surface area contributed by atoms with Gasteiger partial charge >= 0.3 is 6.09 Å². The van der Waals surface area contributed by atoms with Crippen LogP contribution < -0.4 is 9.47 Å². The summed E-state index contributed by atoms with van der Waals surface area (Å²) in [6.07, 6.45) is -6.24. The van der Waals surface area contributed by atoms with Gasteiger partial charge in [-0.2, -0.15) is 0 Å². The molecule has 1 fully saturated rings. The van der Waals surface area contributed by atoms with Gasteiger partial charge in [-0.3, -0.25) is 0 Å². The van der Waals surface area contributed by atoms with E-state index < -0.39 is 37.3 Å². The third-order valence-corrected chi connectivity index (χ3v) is 7.20. The Labute approximate surface area is 208 Å². The minimum absolute atomic E-state index is 0.243. The predicted molar refractivity (Wildman–Crippen MR) is 127 cm³/mol. The summed E-state index contributed by atoms with van der Waals surface area (Å²) in [6.45, 7) is 1.97. The minimum Gasteiger partial charge on any atom is -0.492 e. The summed E-state index contributed by atoms with van der Waals surface area (Å²) in [4.78, 5) is 14.6. The zero-order chi connectivity index (χ0) is 25.6. The summed E-state index contributed by atoms with van der Waals surface area (Å²) in [5.41, 5.74) is 4.71. The Morgan fingerprint density at radius 2 is 1.92 bits per heavy atom. The van der Waals surface area contributed by atoms with E-state index in [2.05, 4.69) is 0 Å². The Bertz CT molecular complexity index is 1140. The van der Waals surface area contributed by atoms with Crippen molar-refractivity contribution in [3.05, 3.63) is 47.0 Å². The monoisotopic (exact) mass is 501 g/mol. The number of nitrogens with zero attached hydrogens (tertiary/aromatic N) is 1. The lowest BCUT2D eigenvalue weighted by molar-refractivity contribution is -0.277. The smallest absolute Gasteiger partial charge is 0.410 e. The number of rotatable bonds is 5. The molecule has 0 bridgehead atoms. The molecule has 2 aliphatic heterocycles. The maximum absolute atomic E-state index is 12.8. The third kappa shape index (κ3) is 3.99. The molecule has 10 nitrogen and oxygen atoms in total. The van der Waals surface area contributed by atoms with Crippen LogP contribution in [-0.2, 0) is 22.3 Å². The molecular weight excluding hydrogens is 470 g/mol. The molecule has 0 spiro atoms. The van der Waals surface area contributed by atoms with Gasteiger partial charge in [0, 0.05) is 12.1 Å². The largest absolute Gasteiger partial charge is 0.492 e. The Balaban J connectivity index is 1.61. The number of carbonyl (C=O) groups excluding carboxylic acids is 1. The lowest BCUT2D eigenvalue weighted by Gasteiger charge is -2.42. The number of fused-ring (bicyclic) bond motifs is 2. The molecule has 194 valence electrons. The van der Waals surface area contributed by atoms with Gasteiger partial charge in [0.15, 0.2) is 11.5 Å². The lowest BCUT2D eigenvalue weighted by atomic mass is 9.76. The number of ether oxygens (including phenoxy) is 4. The fraction of sp³-hybridized carbons (Fsp3) is 0.500. The molecule has 36 heavy (non-hydrogen) atoms. The average molecular weight is 502 g/mol. The molecule has 2 heterocycles. The molecule has 5 rings (SSSR count). The van der Waals surface area contributed by atoms with Crippen molar-refractivity contribution in [1.29, 1.82) is 0 Å². The number of methoxy groups -OCH3 is 1. The topological polar surface area (TPSA) is 138 Å². The van der Waals surface area contributed by atoms with Crippen LogP contribution in [0, 0.1) is 0 Å². The molecule has 3 aliphatic rings. The number of aliphatic hydroxyl groups is 4. The van der Waals surface area contributed by atoms with E-state index in [4.69, 9.17) is 18.9 Å². The van der Waals surface area contributed by atoms with Crippen LogP contribution >= 0.6 is 0 Å². The highest BCUT2D eigenvalue weighted by Crippen LogP contribution is 2.53. The summed E-state index contributed by atoms with van der Waals surface area (Å²) in [6, 6.07) is 9.45. The highest BCUT2D eigenvalue weighted by molar-refractivity contribution is 5.84. The Hall–Kier alpha value is -2.89. The van der Waals surface area contributed by atoms with Crippen LogP contribution in [0.1, 0.15) is 29.7 Å². The number of carbonyl (C=O) groups is 1. The van der Waals surface area contributed by atoms with Gasteiger partial charge < -0.3 is 44.3 Å². The van der Waals surface area contributed by atoms with Crippen LogP contribution in [0.2, 0.25) is 0 Å². The van der Waals surface area contributed by atoms with Crippen molar-refractivity contribution in [3.63, 3.8) is 0 Å². The SMILES string of the molecule is CCOC(=O)N1CCc2cc(O[C@@H]3O[C@H](CO)[C@@H](O)[C@H](O)[C@H]3O)c(OC)c3c2[C@H]1Cc1ccccc1-3. The standard InChI is InChI=1S/C26H31NO9/c1-3-34-26(32)27-9-8-14-11-17(35-25-23(31)22(30)21(29)18(12-28)36-25)24(33-2)20-15-7-5-4-6-13(15)10-16(27)19(14)20/h4-7,11,16,18,21-23,25,28-31H,3,8-10,12H2,1-2H3/t16-,18-,21-,22+,23-,25-/m1/s1. The van der Waals surface area contributed by atoms with Crippen LogP contribution in [0.4, 0.5) is 4.79 Å². The quantitative estimate of drug-likeness (QED) is 0.475. The second kappa shape index (κ2) is 9.87. The normalized spacial score (nSPS) is 28.7. The molecule has 4 N–H and O–H groups in total. The molecule has 0 saturated carbocycles. The fourth-order valence-corrected chi connectivity index (χ4v) is 5.48. The first-order valence-corrected chi connectivity index (χ1v) is 12.1.